The third-order valence-corrected chi connectivity index (χ3v) is 4.39. The van der Waals surface area contributed by atoms with Crippen LogP contribution in [0.4, 0.5) is 4.79 Å². The maximum absolute atomic E-state index is 12.1. The van der Waals surface area contributed by atoms with Gasteiger partial charge < -0.3 is 15.4 Å². The molecule has 2 amide bonds. The molecule has 0 aliphatic heterocycles. The summed E-state index contributed by atoms with van der Waals surface area (Å²) in [5.74, 6) is 0.249. The molecule has 0 fully saturated rings. The van der Waals surface area contributed by atoms with E-state index in [1.54, 1.807) is 6.08 Å². The average molecular weight is 338 g/mol. The zero-order valence-electron chi connectivity index (χ0n) is 12.9. The highest BCUT2D eigenvalue weighted by atomic mass is 32.2. The molecule has 0 bridgehead atoms. The molecule has 3 N–H and O–H groups in total. The molecule has 0 spiro atoms. The van der Waals surface area contributed by atoms with Gasteiger partial charge in [0.25, 0.3) is 5.91 Å². The van der Waals surface area contributed by atoms with Crippen LogP contribution in [0.1, 0.15) is 33.0 Å². The summed E-state index contributed by atoms with van der Waals surface area (Å²) in [6, 6.07) is 0. The molecule has 0 radical (unpaired) electrons. The van der Waals surface area contributed by atoms with E-state index in [2.05, 4.69) is 25.6 Å². The van der Waals surface area contributed by atoms with Crippen molar-refractivity contribution >= 4 is 29.5 Å². The van der Waals surface area contributed by atoms with E-state index in [4.69, 9.17) is 0 Å². The van der Waals surface area contributed by atoms with Gasteiger partial charge in [0.2, 0.25) is 5.78 Å². The molecule has 1 aliphatic carbocycles. The summed E-state index contributed by atoms with van der Waals surface area (Å²) in [6.07, 6.45) is 2.33. The van der Waals surface area contributed by atoms with Gasteiger partial charge in [0.15, 0.2) is 0 Å². The molecular weight excluding hydrogens is 320 g/mol. The highest BCUT2D eigenvalue weighted by Gasteiger charge is 2.26. The summed E-state index contributed by atoms with van der Waals surface area (Å²) in [4.78, 5) is 35.6. The van der Waals surface area contributed by atoms with E-state index in [0.717, 1.165) is 17.1 Å². The van der Waals surface area contributed by atoms with Crippen LogP contribution in [0.15, 0.2) is 11.0 Å². The highest BCUT2D eigenvalue weighted by molar-refractivity contribution is 8.03. The summed E-state index contributed by atoms with van der Waals surface area (Å²) in [7, 11) is 2.84. The molecule has 1 aliphatic rings. The number of amides is 2. The SMILES string of the molecule is CNC(=O)c1[nH]nc2c1CC(SCCCNC(=O)OC)=CC2=O. The summed E-state index contributed by atoms with van der Waals surface area (Å²) < 4.78 is 4.48. The molecule has 23 heavy (non-hydrogen) atoms. The number of ketones is 1. The predicted molar refractivity (Wildman–Crippen MR) is 85.6 cm³/mol. The molecule has 0 saturated heterocycles. The molecule has 0 unspecified atom stereocenters. The van der Waals surface area contributed by atoms with Crippen LogP contribution in [0.2, 0.25) is 0 Å². The fourth-order valence-corrected chi connectivity index (χ4v) is 3.11. The van der Waals surface area contributed by atoms with E-state index in [1.807, 2.05) is 0 Å². The number of nitrogens with zero attached hydrogens (tertiary/aromatic N) is 1. The lowest BCUT2D eigenvalue weighted by molar-refractivity contribution is 0.0957. The van der Waals surface area contributed by atoms with Gasteiger partial charge in [0, 0.05) is 25.6 Å². The van der Waals surface area contributed by atoms with Gasteiger partial charge >= 0.3 is 6.09 Å². The summed E-state index contributed by atoms with van der Waals surface area (Å²) in [5.41, 5.74) is 1.27. The number of ether oxygens (including phenoxy) is 1. The fraction of sp³-hybridized carbons (Fsp3) is 0.429. The van der Waals surface area contributed by atoms with Crippen molar-refractivity contribution in [2.24, 2.45) is 0 Å². The Hall–Kier alpha value is -2.29. The summed E-state index contributed by atoms with van der Waals surface area (Å²) >= 11 is 1.53. The molecule has 2 rings (SSSR count). The van der Waals surface area contributed by atoms with Crippen LogP contribution < -0.4 is 10.6 Å². The number of methoxy groups -OCH3 is 1. The number of allylic oxidation sites excluding steroid dienone is 2. The number of alkyl carbamates (subject to hydrolysis) is 1. The quantitative estimate of drug-likeness (QED) is 0.663. The molecule has 1 aromatic heterocycles. The zero-order valence-corrected chi connectivity index (χ0v) is 13.7. The van der Waals surface area contributed by atoms with E-state index in [9.17, 15) is 14.4 Å². The smallest absolute Gasteiger partial charge is 0.406 e. The van der Waals surface area contributed by atoms with Gasteiger partial charge in [0.1, 0.15) is 11.4 Å². The first-order valence-electron chi connectivity index (χ1n) is 7.05. The van der Waals surface area contributed by atoms with Crippen LogP contribution in [-0.4, -0.2) is 54.4 Å². The van der Waals surface area contributed by atoms with E-state index in [1.165, 1.54) is 25.9 Å². The number of aromatic nitrogens is 2. The Kier molecular flexibility index (Phi) is 5.80. The second-order valence-corrected chi connectivity index (χ2v) is 6.00. The third-order valence-electron chi connectivity index (χ3n) is 3.26. The number of hydrogen-bond acceptors (Lipinski definition) is 6. The van der Waals surface area contributed by atoms with E-state index < -0.39 is 6.09 Å². The van der Waals surface area contributed by atoms with Crippen molar-refractivity contribution in [1.29, 1.82) is 0 Å². The van der Waals surface area contributed by atoms with Crippen LogP contribution in [-0.2, 0) is 11.2 Å². The van der Waals surface area contributed by atoms with E-state index in [-0.39, 0.29) is 11.7 Å². The fourth-order valence-electron chi connectivity index (χ4n) is 2.12. The van der Waals surface area contributed by atoms with Gasteiger partial charge in [-0.1, -0.05) is 0 Å². The van der Waals surface area contributed by atoms with Crippen molar-refractivity contribution in [2.45, 2.75) is 12.8 Å². The minimum atomic E-state index is -0.458. The number of nitrogens with one attached hydrogen (secondary N) is 3. The molecule has 0 aromatic carbocycles. The van der Waals surface area contributed by atoms with Gasteiger partial charge in [-0.3, -0.25) is 14.7 Å². The number of H-pyrrole nitrogens is 1. The van der Waals surface area contributed by atoms with Gasteiger partial charge in [-0.05, 0) is 23.2 Å². The number of carbonyl (C=O) groups is 3. The summed E-state index contributed by atoms with van der Waals surface area (Å²) in [5, 5.41) is 11.7. The van der Waals surface area contributed by atoms with E-state index >= 15 is 0 Å². The van der Waals surface area contributed by atoms with Crippen molar-refractivity contribution in [2.75, 3.05) is 26.5 Å². The topological polar surface area (TPSA) is 113 Å². The maximum Gasteiger partial charge on any atom is 0.406 e. The minimum Gasteiger partial charge on any atom is -0.453 e. The van der Waals surface area contributed by atoms with Gasteiger partial charge in [0.05, 0.1) is 7.11 Å². The largest absolute Gasteiger partial charge is 0.453 e. The van der Waals surface area contributed by atoms with Crippen LogP contribution in [0.3, 0.4) is 0 Å². The van der Waals surface area contributed by atoms with Crippen molar-refractivity contribution in [3.05, 3.63) is 27.9 Å². The number of rotatable bonds is 6. The lowest BCUT2D eigenvalue weighted by Crippen LogP contribution is -2.24. The Morgan fingerprint density at radius 3 is 2.96 bits per heavy atom. The van der Waals surface area contributed by atoms with Gasteiger partial charge in [-0.15, -0.1) is 11.8 Å². The Morgan fingerprint density at radius 2 is 2.26 bits per heavy atom. The molecule has 1 heterocycles. The second-order valence-electron chi connectivity index (χ2n) is 4.78. The van der Waals surface area contributed by atoms with Gasteiger partial charge in [-0.2, -0.15) is 5.10 Å². The van der Waals surface area contributed by atoms with Crippen molar-refractivity contribution in [1.82, 2.24) is 20.8 Å². The Balaban J connectivity index is 1.91. The molecule has 9 heteroatoms. The number of hydrogen-bond donors (Lipinski definition) is 3. The molecule has 8 nitrogen and oxygen atoms in total. The maximum atomic E-state index is 12.1. The first-order valence-corrected chi connectivity index (χ1v) is 8.04. The standard InChI is InChI=1S/C14H18N4O4S/c1-15-13(20)12-9-6-8(7-10(19)11(9)17-18-12)23-5-3-4-16-14(21)22-2/h7H,3-6H2,1-2H3,(H,15,20)(H,16,21)(H,17,18). The minimum absolute atomic E-state index is 0.201. The van der Waals surface area contributed by atoms with Crippen LogP contribution in [0.25, 0.3) is 0 Å². The summed E-state index contributed by atoms with van der Waals surface area (Å²) in [6.45, 7) is 0.501. The van der Waals surface area contributed by atoms with Crippen molar-refractivity contribution in [3.8, 4) is 0 Å². The van der Waals surface area contributed by atoms with Crippen LogP contribution in [0, 0.1) is 0 Å². The van der Waals surface area contributed by atoms with Crippen molar-refractivity contribution in [3.63, 3.8) is 0 Å². The normalized spacial score (nSPS) is 13.1. The second kappa shape index (κ2) is 7.82. The lowest BCUT2D eigenvalue weighted by Gasteiger charge is -2.13. The predicted octanol–water partition coefficient (Wildman–Crippen LogP) is 0.871. The first-order chi connectivity index (χ1) is 11.1. The van der Waals surface area contributed by atoms with Crippen molar-refractivity contribution < 1.29 is 19.1 Å². The van der Waals surface area contributed by atoms with E-state index in [0.29, 0.717) is 29.9 Å². The lowest BCUT2D eigenvalue weighted by atomic mass is 10.0. The average Bonchev–Trinajstić information content (AvgIpc) is 2.98. The van der Waals surface area contributed by atoms with Crippen LogP contribution in [0.5, 0.6) is 0 Å². The molecular formula is C14H18N4O4S. The number of carbonyl (C=O) groups excluding carboxylic acids is 3. The zero-order chi connectivity index (χ0) is 16.8. The Bertz CT molecular complexity index is 653. The monoisotopic (exact) mass is 338 g/mol. The Morgan fingerprint density at radius 1 is 1.48 bits per heavy atom. The molecule has 124 valence electrons. The Labute approximate surface area is 137 Å². The molecule has 0 saturated carbocycles. The number of thioether (sulfide) groups is 1. The molecule has 0 atom stereocenters. The van der Waals surface area contributed by atoms with Crippen LogP contribution >= 0.6 is 11.8 Å². The van der Waals surface area contributed by atoms with Gasteiger partial charge in [-0.25, -0.2) is 4.79 Å². The number of aromatic amines is 1. The first kappa shape index (κ1) is 17.1. The third kappa shape index (κ3) is 4.13. The number of fused-ring (bicyclic) bond motifs is 1. The molecule has 1 aromatic rings. The highest BCUT2D eigenvalue weighted by Crippen LogP contribution is 2.29.